The van der Waals surface area contributed by atoms with Crippen molar-refractivity contribution in [2.24, 2.45) is 10.8 Å². The number of ether oxygens (including phenoxy) is 2. The second kappa shape index (κ2) is 8.24. The number of benzene rings is 1. The van der Waals surface area contributed by atoms with E-state index in [1.165, 1.54) is 13.3 Å². The normalized spacial score (nSPS) is 10.6. The van der Waals surface area contributed by atoms with Crippen LogP contribution in [0.5, 0.6) is 11.5 Å². The lowest BCUT2D eigenvalue weighted by Gasteiger charge is -2.09. The van der Waals surface area contributed by atoms with Crippen LogP contribution in [0.2, 0.25) is 0 Å². The Morgan fingerprint density at radius 1 is 1.40 bits per heavy atom. The number of primary amides is 1. The average Bonchev–Trinajstić information content (AvgIpc) is 2.98. The predicted octanol–water partition coefficient (Wildman–Crippen LogP) is -1.72. The third-order valence-electron chi connectivity index (χ3n) is 2.71. The molecule has 1 aromatic heterocycles. The first kappa shape index (κ1) is 17.7. The molecule has 2 rings (SSSR count). The number of hydrogen-bond acceptors (Lipinski definition) is 9. The van der Waals surface area contributed by atoms with Crippen molar-refractivity contribution in [3.63, 3.8) is 0 Å². The maximum absolute atomic E-state index is 11.7. The van der Waals surface area contributed by atoms with E-state index < -0.39 is 11.8 Å². The third-order valence-corrected chi connectivity index (χ3v) is 2.71. The Morgan fingerprint density at radius 3 is 2.84 bits per heavy atom. The molecule has 0 bridgehead atoms. The molecule has 0 spiro atoms. The predicted molar refractivity (Wildman–Crippen MR) is 85.6 cm³/mol. The standard InChI is InChI=1S/C13H16N8O4/c1-24-10-4-8(2-3-9(10)25-7-11(14)22)5-16-17-12(23)6-21-19-13(15)18-20-21/h2-5H,6-7H2,1H3,(H2,14,22)(H2,15,19)(H,17,23)/b16-5-. The summed E-state index contributed by atoms with van der Waals surface area (Å²) in [5.74, 6) is -0.334. The summed E-state index contributed by atoms with van der Waals surface area (Å²) in [7, 11) is 1.45. The van der Waals surface area contributed by atoms with E-state index in [9.17, 15) is 9.59 Å². The first-order chi connectivity index (χ1) is 12.0. The molecule has 1 heterocycles. The molecule has 0 aliphatic carbocycles. The Kier molecular flexibility index (Phi) is 5.81. The maximum Gasteiger partial charge on any atom is 0.263 e. The number of anilines is 1. The first-order valence-electron chi connectivity index (χ1n) is 6.92. The van der Waals surface area contributed by atoms with Crippen molar-refractivity contribution < 1.29 is 19.1 Å². The monoisotopic (exact) mass is 348 g/mol. The van der Waals surface area contributed by atoms with Crippen molar-refractivity contribution >= 4 is 24.0 Å². The second-order valence-electron chi connectivity index (χ2n) is 4.64. The van der Waals surface area contributed by atoms with Crippen LogP contribution in [0.15, 0.2) is 23.3 Å². The summed E-state index contributed by atoms with van der Waals surface area (Å²) < 4.78 is 10.4. The molecule has 1 aromatic carbocycles. The first-order valence-corrected chi connectivity index (χ1v) is 6.92. The summed E-state index contributed by atoms with van der Waals surface area (Å²) in [4.78, 5) is 23.4. The number of nitrogen functional groups attached to an aromatic ring is 1. The average molecular weight is 348 g/mol. The van der Waals surface area contributed by atoms with Gasteiger partial charge in [-0.25, -0.2) is 5.43 Å². The van der Waals surface area contributed by atoms with Crippen molar-refractivity contribution in [2.45, 2.75) is 6.54 Å². The SMILES string of the molecule is COc1cc(/C=N\NC(=O)Cn2nnc(N)n2)ccc1OCC(N)=O. The van der Waals surface area contributed by atoms with Gasteiger partial charge in [0.05, 0.1) is 13.3 Å². The van der Waals surface area contributed by atoms with E-state index in [1.807, 2.05) is 0 Å². The summed E-state index contributed by atoms with van der Waals surface area (Å²) in [6.07, 6.45) is 1.40. The van der Waals surface area contributed by atoms with Crippen LogP contribution in [0.25, 0.3) is 0 Å². The minimum Gasteiger partial charge on any atom is -0.493 e. The van der Waals surface area contributed by atoms with E-state index in [0.717, 1.165) is 4.80 Å². The van der Waals surface area contributed by atoms with Crippen LogP contribution in [0.4, 0.5) is 5.95 Å². The zero-order valence-electron chi connectivity index (χ0n) is 13.2. The van der Waals surface area contributed by atoms with Crippen LogP contribution in [0.3, 0.4) is 0 Å². The molecule has 12 heteroatoms. The van der Waals surface area contributed by atoms with E-state index in [-0.39, 0.29) is 19.1 Å². The van der Waals surface area contributed by atoms with Gasteiger partial charge in [0.2, 0.25) is 0 Å². The number of hydrazone groups is 1. The number of tetrazole rings is 1. The summed E-state index contributed by atoms with van der Waals surface area (Å²) >= 11 is 0. The van der Waals surface area contributed by atoms with Gasteiger partial charge >= 0.3 is 0 Å². The molecule has 0 saturated carbocycles. The number of carbonyl (C=O) groups is 2. The Labute approximate surface area is 141 Å². The Hall–Kier alpha value is -3.70. The zero-order chi connectivity index (χ0) is 18.2. The number of amides is 2. The van der Waals surface area contributed by atoms with Gasteiger partial charge in [-0.05, 0) is 29.0 Å². The van der Waals surface area contributed by atoms with Crippen molar-refractivity contribution in [2.75, 3.05) is 19.5 Å². The molecule has 2 aromatic rings. The van der Waals surface area contributed by atoms with Crippen LogP contribution in [-0.2, 0) is 16.1 Å². The largest absolute Gasteiger partial charge is 0.493 e. The van der Waals surface area contributed by atoms with Gasteiger partial charge in [0.25, 0.3) is 17.8 Å². The summed E-state index contributed by atoms with van der Waals surface area (Å²) in [5, 5.41) is 14.5. The van der Waals surface area contributed by atoms with Crippen molar-refractivity contribution in [1.82, 2.24) is 25.6 Å². The molecule has 25 heavy (non-hydrogen) atoms. The van der Waals surface area contributed by atoms with E-state index >= 15 is 0 Å². The summed E-state index contributed by atoms with van der Waals surface area (Å²) in [6, 6.07) is 4.87. The Balaban J connectivity index is 1.93. The van der Waals surface area contributed by atoms with Crippen LogP contribution in [-0.4, -0.2) is 52.0 Å². The smallest absolute Gasteiger partial charge is 0.263 e. The fourth-order valence-electron chi connectivity index (χ4n) is 1.70. The second-order valence-corrected chi connectivity index (χ2v) is 4.64. The topological polar surface area (TPSA) is 173 Å². The molecule has 5 N–H and O–H groups in total. The molecule has 0 saturated heterocycles. The van der Waals surface area contributed by atoms with Crippen LogP contribution in [0.1, 0.15) is 5.56 Å². The molecular weight excluding hydrogens is 332 g/mol. The lowest BCUT2D eigenvalue weighted by molar-refractivity contribution is -0.122. The van der Waals surface area contributed by atoms with Gasteiger partial charge in [-0.3, -0.25) is 9.59 Å². The number of methoxy groups -OCH3 is 1. The van der Waals surface area contributed by atoms with E-state index in [4.69, 9.17) is 20.9 Å². The van der Waals surface area contributed by atoms with E-state index in [2.05, 4.69) is 25.9 Å². The van der Waals surface area contributed by atoms with Gasteiger partial charge in [0, 0.05) is 0 Å². The highest BCUT2D eigenvalue weighted by Crippen LogP contribution is 2.27. The number of nitrogens with zero attached hydrogens (tertiary/aromatic N) is 5. The van der Waals surface area contributed by atoms with Gasteiger partial charge in [-0.1, -0.05) is 5.10 Å². The molecular formula is C13H16N8O4. The molecule has 132 valence electrons. The minimum atomic E-state index is -0.598. The lowest BCUT2D eigenvalue weighted by atomic mass is 10.2. The minimum absolute atomic E-state index is 0.0259. The molecule has 0 atom stereocenters. The lowest BCUT2D eigenvalue weighted by Crippen LogP contribution is -2.24. The van der Waals surface area contributed by atoms with Crippen LogP contribution < -0.4 is 26.4 Å². The molecule has 0 aliphatic rings. The third kappa shape index (κ3) is 5.46. The van der Waals surface area contributed by atoms with Crippen molar-refractivity contribution in [3.05, 3.63) is 23.8 Å². The summed E-state index contributed by atoms with van der Waals surface area (Å²) in [6.45, 7) is -0.439. The molecule has 0 fully saturated rings. The highest BCUT2D eigenvalue weighted by molar-refractivity contribution is 5.83. The number of nitrogens with one attached hydrogen (secondary N) is 1. The zero-order valence-corrected chi connectivity index (χ0v) is 13.2. The van der Waals surface area contributed by atoms with Gasteiger partial charge in [0.15, 0.2) is 18.1 Å². The maximum atomic E-state index is 11.7. The fraction of sp³-hybridized carbons (Fsp3) is 0.231. The summed E-state index contributed by atoms with van der Waals surface area (Å²) in [5.41, 5.74) is 13.3. The van der Waals surface area contributed by atoms with E-state index in [0.29, 0.717) is 17.1 Å². The number of hydrogen-bond donors (Lipinski definition) is 3. The molecule has 12 nitrogen and oxygen atoms in total. The quantitative estimate of drug-likeness (QED) is 0.373. The van der Waals surface area contributed by atoms with Gasteiger partial charge in [0.1, 0.15) is 6.54 Å². The number of aromatic nitrogens is 4. The van der Waals surface area contributed by atoms with Crippen molar-refractivity contribution in [1.29, 1.82) is 0 Å². The van der Waals surface area contributed by atoms with E-state index in [1.54, 1.807) is 18.2 Å². The highest BCUT2D eigenvalue weighted by Gasteiger charge is 2.07. The molecule has 2 amide bonds. The number of carbonyl (C=O) groups excluding carboxylic acids is 2. The Morgan fingerprint density at radius 2 is 2.20 bits per heavy atom. The van der Waals surface area contributed by atoms with Crippen LogP contribution >= 0.6 is 0 Å². The number of nitrogens with two attached hydrogens (primary N) is 2. The molecule has 0 unspecified atom stereocenters. The fourth-order valence-corrected chi connectivity index (χ4v) is 1.70. The van der Waals surface area contributed by atoms with Crippen molar-refractivity contribution in [3.8, 4) is 11.5 Å². The van der Waals surface area contributed by atoms with Gasteiger partial charge < -0.3 is 20.9 Å². The van der Waals surface area contributed by atoms with Gasteiger partial charge in [-0.2, -0.15) is 9.90 Å². The highest BCUT2D eigenvalue weighted by atomic mass is 16.5. The van der Waals surface area contributed by atoms with Gasteiger partial charge in [-0.15, -0.1) is 5.10 Å². The Bertz CT molecular complexity index is 788. The molecule has 0 aliphatic heterocycles. The molecule has 0 radical (unpaired) electrons. The van der Waals surface area contributed by atoms with Crippen LogP contribution in [0, 0.1) is 0 Å². The number of rotatable bonds is 8.